The molecule has 0 aromatic heterocycles. The van der Waals surface area contributed by atoms with Gasteiger partial charge in [0.05, 0.1) is 19.3 Å². The zero-order valence-corrected chi connectivity index (χ0v) is 12.6. The maximum atomic E-state index is 12.1. The van der Waals surface area contributed by atoms with E-state index >= 15 is 0 Å². The average molecular weight is 270 g/mol. The summed E-state index contributed by atoms with van der Waals surface area (Å²) in [6, 6.07) is 0.163. The topological polar surface area (TPSA) is 64.8 Å². The highest BCUT2D eigenvalue weighted by atomic mass is 16.6. The van der Waals surface area contributed by atoms with Gasteiger partial charge in [-0.05, 0) is 26.2 Å². The average Bonchev–Trinajstić information content (AvgIpc) is 2.76. The molecule has 1 unspecified atom stereocenters. The maximum absolute atomic E-state index is 12.1. The second-order valence-corrected chi connectivity index (χ2v) is 7.21. The number of morpholine rings is 1. The van der Waals surface area contributed by atoms with Crippen LogP contribution in [0.1, 0.15) is 34.6 Å². The molecule has 110 valence electrons. The Morgan fingerprint density at radius 3 is 2.47 bits per heavy atom. The lowest BCUT2D eigenvalue weighted by molar-refractivity contribution is -0.0538. The van der Waals surface area contributed by atoms with E-state index in [1.165, 1.54) is 0 Å². The summed E-state index contributed by atoms with van der Waals surface area (Å²) in [5.41, 5.74) is 5.74. The van der Waals surface area contributed by atoms with E-state index in [0.29, 0.717) is 25.6 Å². The smallest absolute Gasteiger partial charge is 0.410 e. The van der Waals surface area contributed by atoms with E-state index < -0.39 is 5.60 Å². The second kappa shape index (κ2) is 4.63. The van der Waals surface area contributed by atoms with E-state index in [9.17, 15) is 4.79 Å². The molecule has 19 heavy (non-hydrogen) atoms. The van der Waals surface area contributed by atoms with Crippen molar-refractivity contribution in [2.45, 2.75) is 52.4 Å². The van der Waals surface area contributed by atoms with Crippen LogP contribution in [0.3, 0.4) is 0 Å². The van der Waals surface area contributed by atoms with Crippen LogP contribution >= 0.6 is 0 Å². The molecule has 0 bridgehead atoms. The Hall–Kier alpha value is -0.810. The number of nitrogens with zero attached hydrogens (tertiary/aromatic N) is 1. The maximum Gasteiger partial charge on any atom is 0.410 e. The van der Waals surface area contributed by atoms with Crippen molar-refractivity contribution in [2.75, 3.05) is 19.7 Å². The van der Waals surface area contributed by atoms with Crippen molar-refractivity contribution in [2.24, 2.45) is 17.1 Å². The van der Waals surface area contributed by atoms with E-state index in [0.717, 1.165) is 0 Å². The molecule has 0 radical (unpaired) electrons. The van der Waals surface area contributed by atoms with Crippen LogP contribution in [0.4, 0.5) is 4.79 Å². The number of nitrogens with two attached hydrogens (primary N) is 1. The summed E-state index contributed by atoms with van der Waals surface area (Å²) < 4.78 is 11.2. The van der Waals surface area contributed by atoms with Gasteiger partial charge in [0.1, 0.15) is 5.60 Å². The van der Waals surface area contributed by atoms with Crippen molar-refractivity contribution in [3.8, 4) is 0 Å². The van der Waals surface area contributed by atoms with E-state index in [2.05, 4.69) is 13.8 Å². The highest BCUT2D eigenvalue weighted by Gasteiger charge is 2.60. The minimum Gasteiger partial charge on any atom is -0.444 e. The quantitative estimate of drug-likeness (QED) is 0.786. The number of rotatable bonds is 1. The highest BCUT2D eigenvalue weighted by Crippen LogP contribution is 2.53. The Morgan fingerprint density at radius 2 is 2.00 bits per heavy atom. The van der Waals surface area contributed by atoms with Crippen LogP contribution in [-0.2, 0) is 9.47 Å². The van der Waals surface area contributed by atoms with Crippen molar-refractivity contribution < 1.29 is 14.3 Å². The first-order valence-electron chi connectivity index (χ1n) is 6.98. The van der Waals surface area contributed by atoms with Gasteiger partial charge in [-0.1, -0.05) is 13.8 Å². The standard InChI is InChI=1S/C14H26N2O3/c1-13(2,3)19-12(17)16-6-7-18-9(8-16)10-11(15)14(10,4)5/h9-11H,6-8,15H2,1-5H3/t9?,10-,11-/m1/s1. The lowest BCUT2D eigenvalue weighted by atomic mass is 10.0. The number of hydrogen-bond acceptors (Lipinski definition) is 4. The van der Waals surface area contributed by atoms with E-state index in [1.54, 1.807) is 4.90 Å². The molecule has 1 aliphatic heterocycles. The largest absolute Gasteiger partial charge is 0.444 e. The van der Waals surface area contributed by atoms with Gasteiger partial charge in [0.2, 0.25) is 0 Å². The summed E-state index contributed by atoms with van der Waals surface area (Å²) in [6.07, 6.45) is -0.223. The third-order valence-corrected chi connectivity index (χ3v) is 4.14. The van der Waals surface area contributed by atoms with Crippen molar-refractivity contribution in [1.29, 1.82) is 0 Å². The lowest BCUT2D eigenvalue weighted by Gasteiger charge is -2.34. The SMILES string of the molecule is CC(C)(C)OC(=O)N1CCOC([C@@H]2[C@@H](N)C2(C)C)C1. The molecule has 1 saturated heterocycles. The lowest BCUT2D eigenvalue weighted by Crippen LogP contribution is -2.48. The molecular formula is C14H26N2O3. The number of carbonyl (C=O) groups is 1. The number of ether oxygens (including phenoxy) is 2. The van der Waals surface area contributed by atoms with Gasteiger partial charge in [0.25, 0.3) is 0 Å². The molecule has 0 spiro atoms. The summed E-state index contributed by atoms with van der Waals surface area (Å²) in [5.74, 6) is 0.331. The van der Waals surface area contributed by atoms with Gasteiger partial charge in [0.15, 0.2) is 0 Å². The van der Waals surface area contributed by atoms with Gasteiger partial charge < -0.3 is 20.1 Å². The molecule has 5 nitrogen and oxygen atoms in total. The Kier molecular flexibility index (Phi) is 3.56. The molecule has 1 aliphatic carbocycles. The van der Waals surface area contributed by atoms with Crippen LogP contribution in [0.25, 0.3) is 0 Å². The molecule has 2 aliphatic rings. The van der Waals surface area contributed by atoms with Gasteiger partial charge in [-0.3, -0.25) is 0 Å². The van der Waals surface area contributed by atoms with Crippen LogP contribution < -0.4 is 5.73 Å². The number of carbonyl (C=O) groups excluding carboxylic acids is 1. The summed E-state index contributed by atoms with van der Waals surface area (Å²) in [6.45, 7) is 11.7. The summed E-state index contributed by atoms with van der Waals surface area (Å²) in [5, 5.41) is 0. The third-order valence-electron chi connectivity index (χ3n) is 4.14. The monoisotopic (exact) mass is 270 g/mol. The van der Waals surface area contributed by atoms with Crippen LogP contribution in [0, 0.1) is 11.3 Å². The first-order chi connectivity index (χ1) is 8.63. The van der Waals surface area contributed by atoms with E-state index in [4.69, 9.17) is 15.2 Å². The normalized spacial score (nSPS) is 34.0. The first-order valence-corrected chi connectivity index (χ1v) is 6.98. The van der Waals surface area contributed by atoms with E-state index in [-0.39, 0.29) is 23.7 Å². The Balaban J connectivity index is 1.93. The van der Waals surface area contributed by atoms with E-state index in [1.807, 2.05) is 20.8 Å². The van der Waals surface area contributed by atoms with Crippen molar-refractivity contribution in [1.82, 2.24) is 4.90 Å². The molecule has 2 rings (SSSR count). The van der Waals surface area contributed by atoms with Gasteiger partial charge in [-0.25, -0.2) is 4.79 Å². The highest BCUT2D eigenvalue weighted by molar-refractivity contribution is 5.68. The fraction of sp³-hybridized carbons (Fsp3) is 0.929. The molecule has 5 heteroatoms. The van der Waals surface area contributed by atoms with Crippen LogP contribution in [-0.4, -0.2) is 48.4 Å². The fourth-order valence-corrected chi connectivity index (χ4v) is 2.81. The third kappa shape index (κ3) is 3.03. The molecular weight excluding hydrogens is 244 g/mol. The molecule has 2 fully saturated rings. The van der Waals surface area contributed by atoms with Crippen molar-refractivity contribution in [3.63, 3.8) is 0 Å². The Bertz CT molecular complexity index is 362. The summed E-state index contributed by atoms with van der Waals surface area (Å²) >= 11 is 0. The Labute approximate surface area is 115 Å². The molecule has 0 aromatic rings. The zero-order valence-electron chi connectivity index (χ0n) is 12.6. The van der Waals surface area contributed by atoms with Gasteiger partial charge in [-0.2, -0.15) is 0 Å². The molecule has 1 amide bonds. The number of hydrogen-bond donors (Lipinski definition) is 1. The molecule has 3 atom stereocenters. The second-order valence-electron chi connectivity index (χ2n) is 7.21. The summed E-state index contributed by atoms with van der Waals surface area (Å²) in [7, 11) is 0. The van der Waals surface area contributed by atoms with Crippen molar-refractivity contribution in [3.05, 3.63) is 0 Å². The molecule has 0 aromatic carbocycles. The predicted molar refractivity (Wildman–Crippen MR) is 72.8 cm³/mol. The van der Waals surface area contributed by atoms with Crippen LogP contribution in [0.15, 0.2) is 0 Å². The van der Waals surface area contributed by atoms with Crippen LogP contribution in [0.5, 0.6) is 0 Å². The summed E-state index contributed by atoms with van der Waals surface area (Å²) in [4.78, 5) is 13.8. The molecule has 1 heterocycles. The minimum absolute atomic E-state index is 0.0336. The fourth-order valence-electron chi connectivity index (χ4n) is 2.81. The minimum atomic E-state index is -0.458. The van der Waals surface area contributed by atoms with Gasteiger partial charge >= 0.3 is 6.09 Å². The molecule has 1 saturated carbocycles. The molecule has 2 N–H and O–H groups in total. The van der Waals surface area contributed by atoms with Crippen LogP contribution in [0.2, 0.25) is 0 Å². The predicted octanol–water partition coefficient (Wildman–Crippen LogP) is 1.61. The van der Waals surface area contributed by atoms with Gasteiger partial charge in [-0.15, -0.1) is 0 Å². The zero-order chi connectivity index (χ0) is 14.4. The Morgan fingerprint density at radius 1 is 1.42 bits per heavy atom. The first kappa shape index (κ1) is 14.6. The van der Waals surface area contributed by atoms with Crippen molar-refractivity contribution >= 4 is 6.09 Å². The number of amides is 1. The van der Waals surface area contributed by atoms with Gasteiger partial charge in [0, 0.05) is 18.5 Å².